The molecule has 1 rings (SSSR count). The Balaban J connectivity index is 2.73. The quantitative estimate of drug-likeness (QED) is 0.497. The predicted molar refractivity (Wildman–Crippen MR) is 48.2 cm³/mol. The molecule has 0 aromatic rings. The van der Waals surface area contributed by atoms with Crippen molar-refractivity contribution in [2.75, 3.05) is 0 Å². The van der Waals surface area contributed by atoms with Crippen LogP contribution in [-0.2, 0) is 0 Å². The van der Waals surface area contributed by atoms with Crippen molar-refractivity contribution >= 4 is 25.3 Å². The molecule has 0 fully saturated rings. The minimum Gasteiger partial charge on any atom is -0.168 e. The Bertz CT molecular complexity index is 166. The van der Waals surface area contributed by atoms with Crippen LogP contribution in [0.15, 0.2) is 23.1 Å². The van der Waals surface area contributed by atoms with Crippen LogP contribution in [0.1, 0.15) is 13.3 Å². The van der Waals surface area contributed by atoms with E-state index < -0.39 is 0 Å². The van der Waals surface area contributed by atoms with E-state index in [2.05, 4.69) is 38.3 Å². The first-order valence-corrected chi connectivity index (χ1v) is 3.79. The highest BCUT2D eigenvalue weighted by Crippen LogP contribution is 2.29. The molecule has 9 heavy (non-hydrogen) atoms. The number of allylic oxidation sites excluding steroid dienone is 3. The molecule has 0 saturated heterocycles. The fourth-order valence-electron chi connectivity index (χ4n) is 0.851. The van der Waals surface area contributed by atoms with E-state index in [1.807, 2.05) is 12.2 Å². The van der Waals surface area contributed by atoms with Gasteiger partial charge < -0.3 is 0 Å². The lowest BCUT2D eigenvalue weighted by atomic mass is 10.0. The Morgan fingerprint density at radius 2 is 2.33 bits per heavy atom. The lowest BCUT2D eigenvalue weighted by Crippen LogP contribution is -2.14. The zero-order valence-electron chi connectivity index (χ0n) is 5.33. The third-order valence-corrected chi connectivity index (χ3v) is 1.90. The van der Waals surface area contributed by atoms with Crippen LogP contribution < -0.4 is 0 Å². The van der Waals surface area contributed by atoms with Crippen LogP contribution >= 0.6 is 25.3 Å². The lowest BCUT2D eigenvalue weighted by Gasteiger charge is -2.21. The summed E-state index contributed by atoms with van der Waals surface area (Å²) >= 11 is 8.64. The lowest BCUT2D eigenvalue weighted by molar-refractivity contribution is 0.798. The molecule has 50 valence electrons. The van der Waals surface area contributed by atoms with Gasteiger partial charge in [0.25, 0.3) is 0 Å². The van der Waals surface area contributed by atoms with Gasteiger partial charge in [-0.25, -0.2) is 0 Å². The van der Waals surface area contributed by atoms with Crippen LogP contribution in [0.25, 0.3) is 0 Å². The van der Waals surface area contributed by atoms with Crippen LogP contribution in [0, 0.1) is 0 Å². The van der Waals surface area contributed by atoms with Gasteiger partial charge in [0.1, 0.15) is 0 Å². The average Bonchev–Trinajstić information content (AvgIpc) is 1.60. The first-order chi connectivity index (χ1) is 4.10. The van der Waals surface area contributed by atoms with Crippen LogP contribution in [0.3, 0.4) is 0 Å². The minimum atomic E-state index is 0.0197. The smallest absolute Gasteiger partial charge is 0.0328 e. The van der Waals surface area contributed by atoms with E-state index in [9.17, 15) is 0 Å². The van der Waals surface area contributed by atoms with Crippen molar-refractivity contribution in [2.45, 2.75) is 18.1 Å². The number of hydrogen-bond acceptors (Lipinski definition) is 2. The van der Waals surface area contributed by atoms with Gasteiger partial charge in [-0.2, -0.15) is 12.6 Å². The van der Waals surface area contributed by atoms with Crippen molar-refractivity contribution in [1.29, 1.82) is 0 Å². The topological polar surface area (TPSA) is 0 Å². The first-order valence-electron chi connectivity index (χ1n) is 2.90. The van der Waals surface area contributed by atoms with E-state index in [0.29, 0.717) is 0 Å². The molecule has 0 aromatic heterocycles. The highest BCUT2D eigenvalue weighted by Gasteiger charge is 2.17. The summed E-state index contributed by atoms with van der Waals surface area (Å²) in [6.45, 7) is 2.08. The van der Waals surface area contributed by atoms with Gasteiger partial charge >= 0.3 is 0 Å². The van der Waals surface area contributed by atoms with Crippen molar-refractivity contribution in [1.82, 2.24) is 0 Å². The van der Waals surface area contributed by atoms with Gasteiger partial charge in [-0.05, 0) is 18.2 Å². The summed E-state index contributed by atoms with van der Waals surface area (Å²) in [7, 11) is 0. The van der Waals surface area contributed by atoms with Crippen LogP contribution in [-0.4, -0.2) is 4.75 Å². The summed E-state index contributed by atoms with van der Waals surface area (Å²) in [5.41, 5.74) is 0. The predicted octanol–water partition coefficient (Wildman–Crippen LogP) is 2.45. The molecular formula is C7H10S2. The minimum absolute atomic E-state index is 0.0197. The van der Waals surface area contributed by atoms with Crippen LogP contribution in [0.2, 0.25) is 0 Å². The van der Waals surface area contributed by atoms with Crippen molar-refractivity contribution in [3.8, 4) is 0 Å². The largest absolute Gasteiger partial charge is 0.168 e. The molecule has 1 atom stereocenters. The molecule has 0 aliphatic heterocycles. The maximum atomic E-state index is 4.40. The molecule has 1 aliphatic rings. The summed E-state index contributed by atoms with van der Waals surface area (Å²) in [6.07, 6.45) is 7.02. The fraction of sp³-hybridized carbons (Fsp3) is 0.429. The molecule has 0 bridgehead atoms. The second-order valence-corrected chi connectivity index (χ2v) is 4.15. The Morgan fingerprint density at radius 3 is 2.67 bits per heavy atom. The van der Waals surface area contributed by atoms with E-state index >= 15 is 0 Å². The molecule has 1 unspecified atom stereocenters. The van der Waals surface area contributed by atoms with E-state index in [1.165, 1.54) is 0 Å². The van der Waals surface area contributed by atoms with Crippen LogP contribution in [0.4, 0.5) is 0 Å². The van der Waals surface area contributed by atoms with Crippen LogP contribution in [0.5, 0.6) is 0 Å². The molecule has 0 spiro atoms. The molecule has 2 heteroatoms. The third-order valence-electron chi connectivity index (χ3n) is 1.28. The number of hydrogen-bond donors (Lipinski definition) is 2. The summed E-state index contributed by atoms with van der Waals surface area (Å²) in [6, 6.07) is 0. The monoisotopic (exact) mass is 158 g/mol. The Labute approximate surface area is 66.9 Å². The summed E-state index contributed by atoms with van der Waals surface area (Å²) in [5, 5.41) is 0. The molecule has 0 saturated carbocycles. The van der Waals surface area contributed by atoms with Crippen molar-refractivity contribution in [3.63, 3.8) is 0 Å². The molecular weight excluding hydrogens is 148 g/mol. The van der Waals surface area contributed by atoms with Gasteiger partial charge in [0.2, 0.25) is 0 Å². The van der Waals surface area contributed by atoms with Gasteiger partial charge in [0, 0.05) is 4.75 Å². The summed E-state index contributed by atoms with van der Waals surface area (Å²) in [5.74, 6) is 0. The summed E-state index contributed by atoms with van der Waals surface area (Å²) < 4.78 is 0.0197. The molecule has 0 amide bonds. The second-order valence-electron chi connectivity index (χ2n) is 2.55. The average molecular weight is 158 g/mol. The number of rotatable bonds is 0. The normalized spacial score (nSPS) is 34.3. The Morgan fingerprint density at radius 1 is 1.67 bits per heavy atom. The van der Waals surface area contributed by atoms with Crippen molar-refractivity contribution < 1.29 is 0 Å². The zero-order chi connectivity index (χ0) is 6.91. The second kappa shape index (κ2) is 2.43. The number of thiol groups is 2. The third kappa shape index (κ3) is 2.11. The first kappa shape index (κ1) is 7.29. The Hall–Kier alpha value is 0.180. The zero-order valence-corrected chi connectivity index (χ0v) is 7.12. The molecule has 0 heterocycles. The Kier molecular flexibility index (Phi) is 1.97. The highest BCUT2D eigenvalue weighted by molar-refractivity contribution is 7.85. The molecule has 0 N–H and O–H groups in total. The molecule has 0 radical (unpaired) electrons. The van der Waals surface area contributed by atoms with E-state index in [1.54, 1.807) is 0 Å². The van der Waals surface area contributed by atoms with E-state index in [0.717, 1.165) is 11.3 Å². The van der Waals surface area contributed by atoms with Crippen molar-refractivity contribution in [2.24, 2.45) is 0 Å². The highest BCUT2D eigenvalue weighted by atomic mass is 32.1. The van der Waals surface area contributed by atoms with Gasteiger partial charge in [-0.15, -0.1) is 12.6 Å². The SMILES string of the molecule is CC1(S)C=CC=C(S)C1. The maximum absolute atomic E-state index is 4.40. The molecule has 1 aliphatic carbocycles. The van der Waals surface area contributed by atoms with Gasteiger partial charge in [0.05, 0.1) is 0 Å². The van der Waals surface area contributed by atoms with Gasteiger partial charge in [-0.1, -0.05) is 18.2 Å². The maximum Gasteiger partial charge on any atom is 0.0328 e. The van der Waals surface area contributed by atoms with Gasteiger partial charge in [0.15, 0.2) is 0 Å². The molecule has 0 nitrogen and oxygen atoms in total. The van der Waals surface area contributed by atoms with Crippen molar-refractivity contribution in [3.05, 3.63) is 23.1 Å². The van der Waals surface area contributed by atoms with Gasteiger partial charge in [-0.3, -0.25) is 0 Å². The molecule has 0 aromatic carbocycles. The summed E-state index contributed by atoms with van der Waals surface area (Å²) in [4.78, 5) is 1.11. The van der Waals surface area contributed by atoms with E-state index in [-0.39, 0.29) is 4.75 Å². The fourth-order valence-corrected chi connectivity index (χ4v) is 1.65. The standard InChI is InChI=1S/C7H10S2/c1-7(9)4-2-3-6(8)5-7/h2-4,8-9H,5H2,1H3. The van der Waals surface area contributed by atoms with E-state index in [4.69, 9.17) is 0 Å².